The van der Waals surface area contributed by atoms with Crippen molar-refractivity contribution in [3.05, 3.63) is 95.1 Å². The number of benzene rings is 3. The summed E-state index contributed by atoms with van der Waals surface area (Å²) in [5.74, 6) is 1.04. The Morgan fingerprint density at radius 3 is 2.38 bits per heavy atom. The van der Waals surface area contributed by atoms with Gasteiger partial charge in [0.2, 0.25) is 0 Å². The molecule has 3 N–H and O–H groups in total. The molecule has 2 unspecified atom stereocenters. The summed E-state index contributed by atoms with van der Waals surface area (Å²) in [7, 11) is 0. The van der Waals surface area contributed by atoms with Gasteiger partial charge < -0.3 is 25.0 Å². The minimum Gasteiger partial charge on any atom is -0.508 e. The molecule has 0 aliphatic rings. The minimum absolute atomic E-state index is 0.100. The van der Waals surface area contributed by atoms with Gasteiger partial charge in [-0.2, -0.15) is 0 Å². The summed E-state index contributed by atoms with van der Waals surface area (Å²) in [6.07, 6.45) is 0.224. The first-order valence-corrected chi connectivity index (χ1v) is 11.1. The lowest BCUT2D eigenvalue weighted by molar-refractivity contribution is 0.0889. The van der Waals surface area contributed by atoms with Crippen LogP contribution in [0.15, 0.2) is 72.8 Å². The van der Waals surface area contributed by atoms with Crippen molar-refractivity contribution in [2.45, 2.75) is 39.0 Å². The molecule has 0 bridgehead atoms. The van der Waals surface area contributed by atoms with Crippen LogP contribution in [-0.2, 0) is 17.8 Å². The summed E-state index contributed by atoms with van der Waals surface area (Å²) in [4.78, 5) is 0. The number of phenols is 1. The summed E-state index contributed by atoms with van der Waals surface area (Å²) in [5, 5.41) is 23.5. The molecule has 0 aliphatic carbocycles. The van der Waals surface area contributed by atoms with Gasteiger partial charge in [-0.1, -0.05) is 48.5 Å². The van der Waals surface area contributed by atoms with Crippen LogP contribution >= 0.6 is 0 Å². The highest BCUT2D eigenvalue weighted by atomic mass is 16.5. The van der Waals surface area contributed by atoms with Crippen LogP contribution in [0.5, 0.6) is 11.5 Å². The summed E-state index contributed by atoms with van der Waals surface area (Å²) >= 11 is 0. The molecule has 32 heavy (non-hydrogen) atoms. The molecule has 170 valence electrons. The molecule has 2 atom stereocenters. The first kappa shape index (κ1) is 23.8. The van der Waals surface area contributed by atoms with Gasteiger partial charge in [0.15, 0.2) is 0 Å². The van der Waals surface area contributed by atoms with E-state index in [4.69, 9.17) is 9.47 Å². The number of nitrogens with one attached hydrogen (secondary N) is 1. The van der Waals surface area contributed by atoms with Crippen molar-refractivity contribution in [2.75, 3.05) is 19.8 Å². The van der Waals surface area contributed by atoms with Crippen molar-refractivity contribution < 1.29 is 19.7 Å². The Morgan fingerprint density at radius 2 is 1.66 bits per heavy atom. The predicted octanol–water partition coefficient (Wildman–Crippen LogP) is 4.55. The molecule has 0 saturated carbocycles. The Balaban J connectivity index is 1.34. The van der Waals surface area contributed by atoms with Gasteiger partial charge in [-0.3, -0.25) is 0 Å². The van der Waals surface area contributed by atoms with Crippen LogP contribution in [0, 0.1) is 6.92 Å². The van der Waals surface area contributed by atoms with Crippen molar-refractivity contribution in [1.82, 2.24) is 5.32 Å². The zero-order chi connectivity index (χ0) is 22.8. The lowest BCUT2D eigenvalue weighted by Crippen LogP contribution is -2.34. The van der Waals surface area contributed by atoms with E-state index < -0.39 is 6.10 Å². The van der Waals surface area contributed by atoms with E-state index in [9.17, 15) is 10.2 Å². The van der Waals surface area contributed by atoms with E-state index in [0.717, 1.165) is 35.4 Å². The number of hydrogen-bond donors (Lipinski definition) is 3. The average molecular weight is 436 g/mol. The maximum Gasteiger partial charge on any atom is 0.119 e. The second-order valence-corrected chi connectivity index (χ2v) is 8.01. The number of aryl methyl sites for hydroxylation is 1. The zero-order valence-corrected chi connectivity index (χ0v) is 18.8. The van der Waals surface area contributed by atoms with Crippen LogP contribution in [0.4, 0.5) is 0 Å². The van der Waals surface area contributed by atoms with E-state index >= 15 is 0 Å². The third kappa shape index (κ3) is 7.38. The van der Waals surface area contributed by atoms with Gasteiger partial charge in [-0.05, 0) is 73.3 Å². The summed E-state index contributed by atoms with van der Waals surface area (Å²) in [5.41, 5.74) is 4.07. The fourth-order valence-corrected chi connectivity index (χ4v) is 3.55. The molecule has 0 fully saturated rings. The topological polar surface area (TPSA) is 71.0 Å². The molecular weight excluding hydrogens is 402 g/mol. The molecule has 3 aromatic rings. The number of aliphatic hydroxyl groups excluding tert-OH is 1. The fraction of sp³-hybridized carbons (Fsp3) is 0.333. The highest BCUT2D eigenvalue weighted by molar-refractivity contribution is 5.35. The normalized spacial score (nSPS) is 13.0. The molecule has 0 radical (unpaired) electrons. The number of ether oxygens (including phenoxy) is 2. The van der Waals surface area contributed by atoms with E-state index in [1.807, 2.05) is 56.3 Å². The predicted molar refractivity (Wildman–Crippen MR) is 127 cm³/mol. The zero-order valence-electron chi connectivity index (χ0n) is 18.8. The van der Waals surface area contributed by atoms with Crippen molar-refractivity contribution in [3.8, 4) is 11.5 Å². The van der Waals surface area contributed by atoms with Crippen molar-refractivity contribution >= 4 is 0 Å². The van der Waals surface area contributed by atoms with Crippen molar-refractivity contribution in [2.24, 2.45) is 0 Å². The summed E-state index contributed by atoms with van der Waals surface area (Å²) in [6, 6.07) is 23.1. The molecule has 0 heterocycles. The van der Waals surface area contributed by atoms with Crippen LogP contribution in [-0.4, -0.2) is 36.0 Å². The number of aromatic hydroxyl groups is 1. The van der Waals surface area contributed by atoms with Crippen LogP contribution in [0.3, 0.4) is 0 Å². The first-order valence-electron chi connectivity index (χ1n) is 11.1. The number of phenolic OH excluding ortho intramolecular Hbond substituents is 1. The number of hydrogen-bond acceptors (Lipinski definition) is 5. The number of rotatable bonds is 12. The van der Waals surface area contributed by atoms with Gasteiger partial charge in [-0.25, -0.2) is 0 Å². The Hall–Kier alpha value is -2.86. The molecule has 3 rings (SSSR count). The van der Waals surface area contributed by atoms with Crippen LogP contribution in [0.1, 0.15) is 35.3 Å². The second-order valence-electron chi connectivity index (χ2n) is 8.01. The second kappa shape index (κ2) is 12.2. The van der Waals surface area contributed by atoms with Gasteiger partial charge in [0, 0.05) is 6.04 Å². The van der Waals surface area contributed by atoms with E-state index in [2.05, 4.69) is 17.4 Å². The molecular formula is C27H33NO4. The quantitative estimate of drug-likeness (QED) is 0.364. The Labute approximate surface area is 190 Å². The third-order valence-electron chi connectivity index (χ3n) is 5.46. The molecule has 0 spiro atoms. The minimum atomic E-state index is -0.629. The van der Waals surface area contributed by atoms with Crippen molar-refractivity contribution in [1.29, 1.82) is 0 Å². The number of aliphatic hydroxyl groups is 1. The highest BCUT2D eigenvalue weighted by Gasteiger charge is 2.17. The standard InChI is InChI=1S/C27H33NO4/c1-20-18-24(29)10-13-26(20)27(30)21(2)28-15-14-22-8-11-25(12-9-22)32-17-16-31-19-23-6-4-3-5-7-23/h3-13,18,21,27-30H,14-17,19H2,1-2H3. The van der Waals surface area contributed by atoms with Crippen molar-refractivity contribution in [3.63, 3.8) is 0 Å². The average Bonchev–Trinajstić information content (AvgIpc) is 2.80. The first-order chi connectivity index (χ1) is 15.5. The van der Waals surface area contributed by atoms with E-state index in [1.165, 1.54) is 5.56 Å². The molecule has 0 saturated heterocycles. The smallest absolute Gasteiger partial charge is 0.119 e. The molecule has 5 heteroatoms. The van der Waals surface area contributed by atoms with Gasteiger partial charge in [0.25, 0.3) is 0 Å². The SMILES string of the molecule is Cc1cc(O)ccc1C(O)C(C)NCCc1ccc(OCCOCc2ccccc2)cc1. The Kier molecular flexibility index (Phi) is 9.11. The molecule has 3 aromatic carbocycles. The fourth-order valence-electron chi connectivity index (χ4n) is 3.55. The summed E-state index contributed by atoms with van der Waals surface area (Å²) in [6.45, 7) is 6.26. The van der Waals surface area contributed by atoms with Crippen LogP contribution in [0.2, 0.25) is 0 Å². The third-order valence-corrected chi connectivity index (χ3v) is 5.46. The Bertz CT molecular complexity index is 944. The van der Waals surface area contributed by atoms with Gasteiger partial charge in [-0.15, -0.1) is 0 Å². The van der Waals surface area contributed by atoms with Crippen LogP contribution < -0.4 is 10.1 Å². The lowest BCUT2D eigenvalue weighted by Gasteiger charge is -2.22. The largest absolute Gasteiger partial charge is 0.508 e. The van der Waals surface area contributed by atoms with Gasteiger partial charge in [0.05, 0.1) is 19.3 Å². The lowest BCUT2D eigenvalue weighted by atomic mass is 9.98. The molecule has 0 aliphatic heterocycles. The highest BCUT2D eigenvalue weighted by Crippen LogP contribution is 2.24. The maximum absolute atomic E-state index is 10.6. The van der Waals surface area contributed by atoms with Gasteiger partial charge >= 0.3 is 0 Å². The van der Waals surface area contributed by atoms with Crippen LogP contribution in [0.25, 0.3) is 0 Å². The molecule has 5 nitrogen and oxygen atoms in total. The monoisotopic (exact) mass is 435 g/mol. The van der Waals surface area contributed by atoms with Gasteiger partial charge in [0.1, 0.15) is 18.1 Å². The maximum atomic E-state index is 10.6. The molecule has 0 amide bonds. The summed E-state index contributed by atoms with van der Waals surface area (Å²) < 4.78 is 11.4. The molecule has 0 aromatic heterocycles. The van der Waals surface area contributed by atoms with E-state index in [-0.39, 0.29) is 11.8 Å². The van der Waals surface area contributed by atoms with E-state index in [0.29, 0.717) is 19.8 Å². The van der Waals surface area contributed by atoms with E-state index in [1.54, 1.807) is 18.2 Å². The Morgan fingerprint density at radius 1 is 0.906 bits per heavy atom.